The minimum atomic E-state index is -0.201. The minimum Gasteiger partial charge on any atom is -0.377 e. The molecule has 0 radical (unpaired) electrons. The second kappa shape index (κ2) is 5.99. The fraction of sp³-hybridized carbons (Fsp3) is 0.417. The first-order valence-corrected chi connectivity index (χ1v) is 6.21. The summed E-state index contributed by atoms with van der Waals surface area (Å²) in [7, 11) is 1.57. The van der Waals surface area contributed by atoms with Gasteiger partial charge in [-0.1, -0.05) is 23.7 Å². The van der Waals surface area contributed by atoms with E-state index in [9.17, 15) is 4.79 Å². The molecule has 0 aliphatic carbocycles. The lowest BCUT2D eigenvalue weighted by molar-refractivity contribution is 0.155. The molecule has 0 amide bonds. The Kier molecular flexibility index (Phi) is 4.34. The van der Waals surface area contributed by atoms with Crippen LogP contribution >= 0.6 is 11.6 Å². The summed E-state index contributed by atoms with van der Waals surface area (Å²) in [6, 6.07) is 3.04. The molecule has 0 spiro atoms. The lowest BCUT2D eigenvalue weighted by Crippen LogP contribution is -2.24. The fourth-order valence-electron chi connectivity index (χ4n) is 1.76. The summed E-state index contributed by atoms with van der Waals surface area (Å²) >= 11 is 5.77. The van der Waals surface area contributed by atoms with Crippen LogP contribution in [0.2, 0.25) is 5.15 Å². The van der Waals surface area contributed by atoms with Crippen molar-refractivity contribution < 1.29 is 9.26 Å². The third kappa shape index (κ3) is 3.21. The fourth-order valence-corrected chi connectivity index (χ4v) is 1.96. The van der Waals surface area contributed by atoms with E-state index in [1.807, 2.05) is 6.92 Å². The molecule has 0 unspecified atom stereocenters. The van der Waals surface area contributed by atoms with E-state index in [-0.39, 0.29) is 10.7 Å². The lowest BCUT2D eigenvalue weighted by Gasteiger charge is -2.08. The molecule has 2 rings (SSSR count). The maximum atomic E-state index is 11.9. The summed E-state index contributed by atoms with van der Waals surface area (Å²) in [6.45, 7) is 2.56. The van der Waals surface area contributed by atoms with Crippen LogP contribution in [0.5, 0.6) is 0 Å². The third-order valence-electron chi connectivity index (χ3n) is 2.59. The molecule has 2 heterocycles. The highest BCUT2D eigenvalue weighted by molar-refractivity contribution is 6.29. The van der Waals surface area contributed by atoms with Gasteiger partial charge < -0.3 is 9.26 Å². The molecule has 102 valence electrons. The van der Waals surface area contributed by atoms with E-state index in [1.165, 1.54) is 10.6 Å². The number of methoxy groups -OCH3 is 1. The Balaban J connectivity index is 2.29. The summed E-state index contributed by atoms with van der Waals surface area (Å²) in [6.07, 6.45) is 0.610. The van der Waals surface area contributed by atoms with Crippen LogP contribution in [-0.4, -0.2) is 21.8 Å². The zero-order chi connectivity index (χ0) is 13.8. The standard InChI is InChI=1S/C12H14ClN3O3/c1-3-11-14-10(13)5-12(17)16(11)6-8-4-9(7-18-2)19-15-8/h4-5H,3,6-7H2,1-2H3. The highest BCUT2D eigenvalue weighted by Crippen LogP contribution is 2.08. The molecule has 0 N–H and O–H groups in total. The molecule has 0 aliphatic rings. The quantitative estimate of drug-likeness (QED) is 0.780. The van der Waals surface area contributed by atoms with Gasteiger partial charge in [0.05, 0.1) is 6.54 Å². The number of ether oxygens (including phenoxy) is 1. The van der Waals surface area contributed by atoms with Gasteiger partial charge in [-0.15, -0.1) is 0 Å². The van der Waals surface area contributed by atoms with Crippen molar-refractivity contribution in [2.45, 2.75) is 26.5 Å². The third-order valence-corrected chi connectivity index (χ3v) is 2.78. The first-order valence-electron chi connectivity index (χ1n) is 5.83. The second-order valence-electron chi connectivity index (χ2n) is 3.99. The van der Waals surface area contributed by atoms with Gasteiger partial charge in [0.25, 0.3) is 5.56 Å². The Morgan fingerprint density at radius 2 is 2.26 bits per heavy atom. The van der Waals surface area contributed by atoms with Gasteiger partial charge in [0.2, 0.25) is 0 Å². The average molecular weight is 284 g/mol. The second-order valence-corrected chi connectivity index (χ2v) is 4.38. The number of halogens is 1. The molecule has 0 saturated carbocycles. The predicted octanol–water partition coefficient (Wildman–Crippen LogP) is 1.64. The van der Waals surface area contributed by atoms with E-state index < -0.39 is 0 Å². The van der Waals surface area contributed by atoms with E-state index in [0.29, 0.717) is 36.9 Å². The highest BCUT2D eigenvalue weighted by atomic mass is 35.5. The molecule has 6 nitrogen and oxygen atoms in total. The monoisotopic (exact) mass is 283 g/mol. The number of nitrogens with zero attached hydrogens (tertiary/aromatic N) is 3. The molecule has 0 saturated heterocycles. The van der Waals surface area contributed by atoms with Crippen LogP contribution in [0.15, 0.2) is 21.5 Å². The van der Waals surface area contributed by atoms with Crippen molar-refractivity contribution in [2.75, 3.05) is 7.11 Å². The predicted molar refractivity (Wildman–Crippen MR) is 69.2 cm³/mol. The number of hydrogen-bond donors (Lipinski definition) is 0. The van der Waals surface area contributed by atoms with Crippen molar-refractivity contribution in [2.24, 2.45) is 0 Å². The molecule has 0 aromatic carbocycles. The maximum Gasteiger partial charge on any atom is 0.255 e. The van der Waals surface area contributed by atoms with Crippen molar-refractivity contribution in [1.82, 2.24) is 14.7 Å². The van der Waals surface area contributed by atoms with Gasteiger partial charge in [-0.05, 0) is 0 Å². The van der Waals surface area contributed by atoms with Crippen molar-refractivity contribution in [3.63, 3.8) is 0 Å². The Bertz CT molecular complexity index is 621. The van der Waals surface area contributed by atoms with Crippen LogP contribution in [0.3, 0.4) is 0 Å². The van der Waals surface area contributed by atoms with Crippen molar-refractivity contribution >= 4 is 11.6 Å². The first-order chi connectivity index (χ1) is 9.13. The smallest absolute Gasteiger partial charge is 0.255 e. The zero-order valence-corrected chi connectivity index (χ0v) is 11.5. The van der Waals surface area contributed by atoms with Crippen molar-refractivity contribution in [1.29, 1.82) is 0 Å². The van der Waals surface area contributed by atoms with E-state index in [4.69, 9.17) is 20.9 Å². The van der Waals surface area contributed by atoms with Crippen LogP contribution in [0.4, 0.5) is 0 Å². The normalized spacial score (nSPS) is 10.9. The minimum absolute atomic E-state index is 0.201. The van der Waals surface area contributed by atoms with E-state index >= 15 is 0 Å². The molecule has 0 aliphatic heterocycles. The zero-order valence-electron chi connectivity index (χ0n) is 10.7. The lowest BCUT2D eigenvalue weighted by atomic mass is 10.3. The van der Waals surface area contributed by atoms with E-state index in [0.717, 1.165) is 0 Å². The van der Waals surface area contributed by atoms with Gasteiger partial charge in [-0.2, -0.15) is 0 Å². The molecule has 0 bridgehead atoms. The van der Waals surface area contributed by atoms with Crippen LogP contribution in [0.1, 0.15) is 24.2 Å². The van der Waals surface area contributed by atoms with Crippen molar-refractivity contribution in [3.8, 4) is 0 Å². The Hall–Kier alpha value is -1.66. The highest BCUT2D eigenvalue weighted by Gasteiger charge is 2.10. The number of rotatable bonds is 5. The Morgan fingerprint density at radius 3 is 2.95 bits per heavy atom. The van der Waals surface area contributed by atoms with Crippen molar-refractivity contribution in [3.05, 3.63) is 44.9 Å². The van der Waals surface area contributed by atoms with Gasteiger partial charge >= 0.3 is 0 Å². The van der Waals surface area contributed by atoms with Gasteiger partial charge in [0.15, 0.2) is 5.76 Å². The molecule has 7 heteroatoms. The largest absolute Gasteiger partial charge is 0.377 e. The molecule has 0 fully saturated rings. The first kappa shape index (κ1) is 13.8. The Morgan fingerprint density at radius 1 is 1.47 bits per heavy atom. The van der Waals surface area contributed by atoms with Gasteiger partial charge in [-0.25, -0.2) is 4.98 Å². The number of aromatic nitrogens is 3. The number of aryl methyl sites for hydroxylation is 1. The van der Waals surface area contributed by atoms with Crippen LogP contribution in [0, 0.1) is 0 Å². The van der Waals surface area contributed by atoms with Gasteiger partial charge in [0, 0.05) is 25.7 Å². The molecule has 2 aromatic heterocycles. The topological polar surface area (TPSA) is 70.2 Å². The Labute approximate surface area is 115 Å². The molecular weight excluding hydrogens is 270 g/mol. The summed E-state index contributed by atoms with van der Waals surface area (Å²) in [5.74, 6) is 1.24. The SMILES string of the molecule is CCc1nc(Cl)cc(=O)n1Cc1cc(COC)on1. The van der Waals surface area contributed by atoms with Gasteiger partial charge in [-0.3, -0.25) is 9.36 Å². The van der Waals surface area contributed by atoms with Crippen LogP contribution in [0.25, 0.3) is 0 Å². The van der Waals surface area contributed by atoms with Crippen LogP contribution in [-0.2, 0) is 24.3 Å². The van der Waals surface area contributed by atoms with E-state index in [1.54, 1.807) is 13.2 Å². The summed E-state index contributed by atoms with van der Waals surface area (Å²) in [5.41, 5.74) is 0.445. The van der Waals surface area contributed by atoms with Gasteiger partial charge in [0.1, 0.15) is 23.3 Å². The van der Waals surface area contributed by atoms with E-state index in [2.05, 4.69) is 10.1 Å². The average Bonchev–Trinajstić information content (AvgIpc) is 2.80. The molecule has 19 heavy (non-hydrogen) atoms. The molecule has 2 aromatic rings. The summed E-state index contributed by atoms with van der Waals surface area (Å²) in [5, 5.41) is 4.10. The number of hydrogen-bond acceptors (Lipinski definition) is 5. The molecule has 0 atom stereocenters. The molecular formula is C12H14ClN3O3. The summed E-state index contributed by atoms with van der Waals surface area (Å²) < 4.78 is 11.5. The maximum absolute atomic E-state index is 11.9. The summed E-state index contributed by atoms with van der Waals surface area (Å²) in [4.78, 5) is 16.0. The van der Waals surface area contributed by atoms with Crippen LogP contribution < -0.4 is 5.56 Å².